The normalized spacial score (nSPS) is 12.3. The monoisotopic (exact) mass is 197 g/mol. The van der Waals surface area contributed by atoms with Crippen molar-refractivity contribution in [2.24, 2.45) is 5.14 Å². The SMILES string of the molecule is NS(=O)(=O)c1ccc(C(F)F)o1. The van der Waals surface area contributed by atoms with E-state index in [4.69, 9.17) is 0 Å². The number of hydrogen-bond donors (Lipinski definition) is 1. The van der Waals surface area contributed by atoms with Crippen molar-refractivity contribution in [3.63, 3.8) is 0 Å². The highest BCUT2D eigenvalue weighted by atomic mass is 32.2. The highest BCUT2D eigenvalue weighted by Gasteiger charge is 2.17. The maximum absolute atomic E-state index is 11.8. The summed E-state index contributed by atoms with van der Waals surface area (Å²) in [6.07, 6.45) is -2.83. The molecule has 0 aromatic carbocycles. The second-order valence-corrected chi connectivity index (χ2v) is 3.49. The zero-order valence-corrected chi connectivity index (χ0v) is 6.51. The molecule has 0 aliphatic heterocycles. The minimum atomic E-state index is -4.02. The van der Waals surface area contributed by atoms with E-state index in [-0.39, 0.29) is 0 Å². The molecule has 0 saturated heterocycles. The molecule has 0 unspecified atom stereocenters. The maximum Gasteiger partial charge on any atom is 0.295 e. The van der Waals surface area contributed by atoms with E-state index in [2.05, 4.69) is 9.56 Å². The maximum atomic E-state index is 11.8. The summed E-state index contributed by atoms with van der Waals surface area (Å²) in [6.45, 7) is 0. The van der Waals surface area contributed by atoms with Gasteiger partial charge in [0.15, 0.2) is 5.76 Å². The van der Waals surface area contributed by atoms with Gasteiger partial charge >= 0.3 is 0 Å². The van der Waals surface area contributed by atoms with E-state index in [9.17, 15) is 17.2 Å². The van der Waals surface area contributed by atoms with Gasteiger partial charge in [-0.1, -0.05) is 0 Å². The topological polar surface area (TPSA) is 73.3 Å². The average molecular weight is 197 g/mol. The fourth-order valence-electron chi connectivity index (χ4n) is 0.605. The van der Waals surface area contributed by atoms with Gasteiger partial charge in [0.1, 0.15) is 0 Å². The lowest BCUT2D eigenvalue weighted by Crippen LogP contribution is -2.10. The third-order valence-corrected chi connectivity index (χ3v) is 1.88. The summed E-state index contributed by atoms with van der Waals surface area (Å²) in [7, 11) is -4.02. The Labute approximate surface area is 67.0 Å². The fraction of sp³-hybridized carbons (Fsp3) is 0.200. The molecular weight excluding hydrogens is 192 g/mol. The third kappa shape index (κ3) is 1.80. The van der Waals surface area contributed by atoms with Crippen LogP contribution in [0.1, 0.15) is 12.2 Å². The van der Waals surface area contributed by atoms with Crippen LogP contribution in [0, 0.1) is 0 Å². The van der Waals surface area contributed by atoms with Crippen molar-refractivity contribution in [2.75, 3.05) is 0 Å². The molecule has 0 bridgehead atoms. The molecule has 4 nitrogen and oxygen atoms in total. The molecule has 0 radical (unpaired) electrons. The largest absolute Gasteiger partial charge is 0.442 e. The molecule has 68 valence electrons. The molecule has 0 fully saturated rings. The summed E-state index contributed by atoms with van der Waals surface area (Å²) in [5.41, 5.74) is 0. The second-order valence-electron chi connectivity index (χ2n) is 2.00. The Morgan fingerprint density at radius 3 is 2.25 bits per heavy atom. The summed E-state index contributed by atoms with van der Waals surface area (Å²) in [5.74, 6) is -0.709. The molecule has 12 heavy (non-hydrogen) atoms. The standard InChI is InChI=1S/C5H5F2NO3S/c6-5(7)3-1-2-4(11-3)12(8,9)10/h1-2,5H,(H2,8,9,10). The Morgan fingerprint density at radius 2 is 2.00 bits per heavy atom. The van der Waals surface area contributed by atoms with Crippen molar-refractivity contribution in [2.45, 2.75) is 11.5 Å². The number of furan rings is 1. The van der Waals surface area contributed by atoms with Crippen LogP contribution in [0.2, 0.25) is 0 Å². The van der Waals surface area contributed by atoms with Crippen LogP contribution in [0.3, 0.4) is 0 Å². The van der Waals surface area contributed by atoms with Gasteiger partial charge in [-0.2, -0.15) is 0 Å². The number of alkyl halides is 2. The Kier molecular flexibility index (Phi) is 2.16. The van der Waals surface area contributed by atoms with E-state index in [1.165, 1.54) is 0 Å². The molecule has 7 heteroatoms. The highest BCUT2D eigenvalue weighted by molar-refractivity contribution is 7.89. The molecule has 0 atom stereocenters. The molecular formula is C5H5F2NO3S. The predicted molar refractivity (Wildman–Crippen MR) is 35.0 cm³/mol. The van der Waals surface area contributed by atoms with Crippen molar-refractivity contribution in [3.8, 4) is 0 Å². The zero-order chi connectivity index (χ0) is 9.35. The number of halogens is 2. The number of nitrogens with two attached hydrogens (primary N) is 1. The summed E-state index contributed by atoms with van der Waals surface area (Å²) < 4.78 is 48.9. The van der Waals surface area contributed by atoms with Gasteiger partial charge < -0.3 is 4.42 Å². The van der Waals surface area contributed by atoms with Gasteiger partial charge in [0.2, 0.25) is 5.09 Å². The lowest BCUT2D eigenvalue weighted by Gasteiger charge is -1.92. The van der Waals surface area contributed by atoms with Gasteiger partial charge in [-0.25, -0.2) is 22.3 Å². The average Bonchev–Trinajstić information content (AvgIpc) is 2.30. The van der Waals surface area contributed by atoms with Gasteiger partial charge in [-0.3, -0.25) is 0 Å². The van der Waals surface area contributed by atoms with Gasteiger partial charge in [-0.15, -0.1) is 0 Å². The second kappa shape index (κ2) is 2.83. The summed E-state index contributed by atoms with van der Waals surface area (Å²) in [6, 6.07) is 1.75. The van der Waals surface area contributed by atoms with E-state index in [1.807, 2.05) is 0 Å². The Morgan fingerprint density at radius 1 is 1.42 bits per heavy atom. The lowest BCUT2D eigenvalue weighted by molar-refractivity contribution is 0.116. The Balaban J connectivity index is 3.09. The van der Waals surface area contributed by atoms with Crippen molar-refractivity contribution in [1.29, 1.82) is 0 Å². The summed E-state index contributed by atoms with van der Waals surface area (Å²) in [4.78, 5) is 0. The van der Waals surface area contributed by atoms with Crippen LogP contribution < -0.4 is 5.14 Å². The number of hydrogen-bond acceptors (Lipinski definition) is 3. The van der Waals surface area contributed by atoms with Gasteiger partial charge in [0.05, 0.1) is 0 Å². The van der Waals surface area contributed by atoms with Crippen LogP contribution in [0.15, 0.2) is 21.6 Å². The van der Waals surface area contributed by atoms with Crippen LogP contribution >= 0.6 is 0 Å². The molecule has 0 spiro atoms. The molecule has 1 heterocycles. The van der Waals surface area contributed by atoms with Gasteiger partial charge in [0.25, 0.3) is 16.4 Å². The molecule has 1 aromatic rings. The van der Waals surface area contributed by atoms with E-state index in [0.717, 1.165) is 12.1 Å². The smallest absolute Gasteiger partial charge is 0.295 e. The molecule has 0 saturated carbocycles. The molecule has 0 aliphatic rings. The minimum Gasteiger partial charge on any atom is -0.442 e. The van der Waals surface area contributed by atoms with Crippen molar-refractivity contribution in [1.82, 2.24) is 0 Å². The molecule has 1 aromatic heterocycles. The van der Waals surface area contributed by atoms with Crippen LogP contribution in [-0.2, 0) is 10.0 Å². The Hall–Kier alpha value is -0.950. The Bertz CT molecular complexity index is 370. The van der Waals surface area contributed by atoms with Gasteiger partial charge in [0, 0.05) is 0 Å². The number of rotatable bonds is 2. The van der Waals surface area contributed by atoms with Crippen molar-refractivity contribution in [3.05, 3.63) is 17.9 Å². The van der Waals surface area contributed by atoms with E-state index >= 15 is 0 Å². The van der Waals surface area contributed by atoms with Crippen molar-refractivity contribution >= 4 is 10.0 Å². The molecule has 0 aliphatic carbocycles. The third-order valence-electron chi connectivity index (χ3n) is 1.10. The van der Waals surface area contributed by atoms with E-state index in [0.29, 0.717) is 0 Å². The summed E-state index contributed by atoms with van der Waals surface area (Å²) in [5, 5.41) is 3.95. The first-order chi connectivity index (χ1) is 5.41. The van der Waals surface area contributed by atoms with Gasteiger partial charge in [-0.05, 0) is 12.1 Å². The van der Waals surface area contributed by atoms with Crippen LogP contribution in [0.4, 0.5) is 8.78 Å². The predicted octanol–water partition coefficient (Wildman–Crippen LogP) is 0.865. The van der Waals surface area contributed by atoms with E-state index < -0.39 is 27.3 Å². The number of sulfonamides is 1. The van der Waals surface area contributed by atoms with Crippen LogP contribution in [-0.4, -0.2) is 8.42 Å². The minimum absolute atomic E-state index is 0.655. The molecule has 2 N–H and O–H groups in total. The molecule has 1 rings (SSSR count). The quantitative estimate of drug-likeness (QED) is 0.764. The van der Waals surface area contributed by atoms with Crippen LogP contribution in [0.5, 0.6) is 0 Å². The summed E-state index contributed by atoms with van der Waals surface area (Å²) >= 11 is 0. The number of primary sulfonamides is 1. The highest BCUT2D eigenvalue weighted by Crippen LogP contribution is 2.22. The first-order valence-electron chi connectivity index (χ1n) is 2.82. The first kappa shape index (κ1) is 9.14. The fourth-order valence-corrected chi connectivity index (χ4v) is 1.07. The first-order valence-corrected chi connectivity index (χ1v) is 4.36. The zero-order valence-electron chi connectivity index (χ0n) is 5.70. The lowest BCUT2D eigenvalue weighted by atomic mass is 10.5. The van der Waals surface area contributed by atoms with E-state index in [1.54, 1.807) is 0 Å². The van der Waals surface area contributed by atoms with Crippen molar-refractivity contribution < 1.29 is 21.6 Å². The van der Waals surface area contributed by atoms with Crippen LogP contribution in [0.25, 0.3) is 0 Å². The molecule has 0 amide bonds.